The summed E-state index contributed by atoms with van der Waals surface area (Å²) in [6.45, 7) is 0. The molecule has 0 spiro atoms. The first kappa shape index (κ1) is 78.0. The lowest BCUT2D eigenvalue weighted by Crippen LogP contribution is -1.90. The molecule has 20 nitrogen and oxygen atoms in total. The second-order valence-corrected chi connectivity index (χ2v) is 32.2. The molecule has 17 aromatic rings. The van der Waals surface area contributed by atoms with E-state index >= 15 is 0 Å². The Morgan fingerprint density at radius 3 is 0.633 bits per heavy atom. The van der Waals surface area contributed by atoms with Crippen molar-refractivity contribution in [2.75, 3.05) is 0 Å². The lowest BCUT2D eigenvalue weighted by molar-refractivity contribution is 0.475. The van der Waals surface area contributed by atoms with Crippen LogP contribution in [0.15, 0.2) is 291 Å². The molecule has 0 atom stereocenters. The fraction of sp³-hybridized carbons (Fsp3) is 0.0556. The molecule has 0 amide bonds. The van der Waals surface area contributed by atoms with Crippen molar-refractivity contribution < 1.29 is 40.9 Å². The van der Waals surface area contributed by atoms with Gasteiger partial charge in [0.2, 0.25) is 0 Å². The standard InChI is InChI=1S/2C44H32N4O4.C20H16N4/c2*49-29-9-1-5-25(21-29)41-33-13-15-35(45-33)42(26-6-2-10-30(50)22-26)37-17-19-39(47-37)44(28-8-4-12-32(52)24-28)40-20-18-38(48-40)43(36-16-14-34(41)46-36)27-7-3-11-31(51)23-27;1-2-14-10-16-5-6-18(23-16)12-20-8-7-19(24-20)11-17-4-3-15(22-17)9-13(1)21-14/h2*1-17,19,21-24,46-47,49-52H,18,20H2;1-6,9-12,22-23H,7-8H2. The Morgan fingerprint density at radius 2 is 0.398 bits per heavy atom. The van der Waals surface area contributed by atoms with Crippen molar-refractivity contribution >= 4 is 103 Å². The van der Waals surface area contributed by atoms with E-state index in [1.807, 2.05) is 182 Å². The van der Waals surface area contributed by atoms with Crippen molar-refractivity contribution in [3.05, 3.63) is 360 Å². The van der Waals surface area contributed by atoms with Gasteiger partial charge in [-0.3, -0.25) is 15.0 Å². The fourth-order valence-corrected chi connectivity index (χ4v) is 17.9. The Hall–Kier alpha value is -17.3. The van der Waals surface area contributed by atoms with Gasteiger partial charge in [0.25, 0.3) is 0 Å². The highest BCUT2D eigenvalue weighted by atomic mass is 16.3. The number of aromatic amines is 6. The van der Waals surface area contributed by atoms with E-state index in [2.05, 4.69) is 83.4 Å². The fourth-order valence-electron chi connectivity index (χ4n) is 17.9. The quantitative estimate of drug-likeness (QED) is 0.0673. The first-order valence-corrected chi connectivity index (χ1v) is 42.2. The van der Waals surface area contributed by atoms with Gasteiger partial charge in [-0.05, 0) is 314 Å². The Bertz CT molecular complexity index is 7220. The highest BCUT2D eigenvalue weighted by Gasteiger charge is 2.26. The topological polar surface area (TPSA) is 334 Å². The number of hydrogen-bond donors (Lipinski definition) is 14. The molecule has 9 aromatic heterocycles. The predicted octanol–water partition coefficient (Wildman–Crippen LogP) is 23.8. The molecule has 128 heavy (non-hydrogen) atoms. The molecule has 20 heteroatoms. The van der Waals surface area contributed by atoms with Crippen molar-refractivity contribution in [3.63, 3.8) is 0 Å². The molecule has 15 heterocycles. The van der Waals surface area contributed by atoms with Gasteiger partial charge in [-0.1, -0.05) is 97.1 Å². The third-order valence-electron chi connectivity index (χ3n) is 23.5. The van der Waals surface area contributed by atoms with E-state index in [4.69, 9.17) is 24.9 Å². The summed E-state index contributed by atoms with van der Waals surface area (Å²) in [5.41, 5.74) is 33.9. The molecule has 0 radical (unpaired) electrons. The van der Waals surface area contributed by atoms with E-state index in [1.165, 1.54) is 0 Å². The molecule has 0 aliphatic carbocycles. The van der Waals surface area contributed by atoms with Gasteiger partial charge in [-0.2, -0.15) is 0 Å². The summed E-state index contributed by atoms with van der Waals surface area (Å²) >= 11 is 0. The second-order valence-electron chi connectivity index (χ2n) is 32.2. The van der Waals surface area contributed by atoms with Crippen molar-refractivity contribution in [1.82, 2.24) is 59.8 Å². The summed E-state index contributed by atoms with van der Waals surface area (Å²) in [6.07, 6.45) is 16.5. The highest BCUT2D eigenvalue weighted by Crippen LogP contribution is 2.44. The minimum Gasteiger partial charge on any atom is -0.508 e. The second kappa shape index (κ2) is 32.9. The summed E-state index contributed by atoms with van der Waals surface area (Å²) in [4.78, 5) is 51.9. The van der Waals surface area contributed by atoms with Crippen molar-refractivity contribution in [3.8, 4) is 135 Å². The van der Waals surface area contributed by atoms with Crippen LogP contribution in [0.25, 0.3) is 192 Å². The first-order valence-electron chi connectivity index (χ1n) is 42.2. The van der Waals surface area contributed by atoms with Crippen LogP contribution in [0.1, 0.15) is 68.3 Å². The molecule has 0 saturated heterocycles. The highest BCUT2D eigenvalue weighted by molar-refractivity contribution is 6.01. The molecule has 14 N–H and O–H groups in total. The molecule has 24 bridgehead atoms. The van der Waals surface area contributed by atoms with Crippen LogP contribution in [0, 0.1) is 0 Å². The van der Waals surface area contributed by atoms with Crippen molar-refractivity contribution in [2.45, 2.75) is 38.5 Å². The number of benzene rings is 8. The number of phenolic OH excluding ortho intramolecular Hbond substituents is 8. The van der Waals surface area contributed by atoms with E-state index in [9.17, 15) is 40.9 Å². The number of hydrogen-bond acceptors (Lipinski definition) is 14. The van der Waals surface area contributed by atoms with Crippen LogP contribution in [-0.4, -0.2) is 101 Å². The molecule has 23 rings (SSSR count). The maximum Gasteiger partial charge on any atom is 0.116 e. The molecule has 8 aromatic carbocycles. The van der Waals surface area contributed by atoms with Crippen LogP contribution in [0.4, 0.5) is 0 Å². The predicted molar refractivity (Wildman–Crippen MR) is 509 cm³/mol. The van der Waals surface area contributed by atoms with Gasteiger partial charge in [0.1, 0.15) is 46.0 Å². The smallest absolute Gasteiger partial charge is 0.116 e. The van der Waals surface area contributed by atoms with E-state index in [0.717, 1.165) is 214 Å². The molecule has 0 unspecified atom stereocenters. The molecule has 6 aliphatic heterocycles. The number of nitrogens with one attached hydrogen (secondary N) is 6. The number of nitrogens with zero attached hydrogens (tertiary/aromatic N) is 6. The summed E-state index contributed by atoms with van der Waals surface area (Å²) < 4.78 is 0. The normalized spacial score (nSPS) is 12.5. The van der Waals surface area contributed by atoms with Crippen LogP contribution in [0.3, 0.4) is 0 Å². The molecule has 620 valence electrons. The van der Waals surface area contributed by atoms with Gasteiger partial charge in [0, 0.05) is 122 Å². The van der Waals surface area contributed by atoms with Gasteiger partial charge in [-0.25, -0.2) is 15.0 Å². The summed E-state index contributed by atoms with van der Waals surface area (Å²) in [6, 6.07) is 90.0. The number of fused-ring (bicyclic) bond motifs is 24. The Balaban J connectivity index is 0.000000124. The SMILES string of the molecule is C1=Cc2cc3ccc(cc4nc(cc5ccc(cc1n2)[nH]5)CC4)[nH]3.Oc1cccc(-c2c3nc(c(-c4cccc(O)c4)c4ccc([nH]4)c(-c4cccc(O)c4)c4nc(c(-c5cccc(O)c5)c5ccc2[nH]5)CC4)C=C3)c1.Oc1cccc(-c2c3nc(c(-c4cccc(O)c4)c4ccc([nH]4)c(-c4cccc(O)c4)c4nc(c(-c5cccc(O)c5)c5ccc2[nH]5)CC4)C=C3)c1. The third-order valence-corrected chi connectivity index (χ3v) is 23.5. The maximum atomic E-state index is 10.6. The maximum absolute atomic E-state index is 10.6. The number of phenols is 8. The Kier molecular flexibility index (Phi) is 20.0. The Morgan fingerprint density at radius 1 is 0.180 bits per heavy atom. The van der Waals surface area contributed by atoms with E-state index in [-0.39, 0.29) is 46.0 Å². The largest absolute Gasteiger partial charge is 0.508 e. The lowest BCUT2D eigenvalue weighted by atomic mass is 10.0. The van der Waals surface area contributed by atoms with Gasteiger partial charge in [-0.15, -0.1) is 0 Å². The number of rotatable bonds is 8. The average molecular weight is 1670 g/mol. The zero-order chi connectivity index (χ0) is 86.6. The van der Waals surface area contributed by atoms with Crippen LogP contribution in [0.2, 0.25) is 0 Å². The lowest BCUT2D eigenvalue weighted by Gasteiger charge is -2.07. The molecule has 0 saturated carbocycles. The average Bonchev–Trinajstić information content (AvgIpc) is 1.61. The Labute approximate surface area is 732 Å². The van der Waals surface area contributed by atoms with Gasteiger partial charge >= 0.3 is 0 Å². The van der Waals surface area contributed by atoms with Crippen molar-refractivity contribution in [1.29, 1.82) is 0 Å². The van der Waals surface area contributed by atoms with E-state index < -0.39 is 0 Å². The minimum absolute atomic E-state index is 0.135. The van der Waals surface area contributed by atoms with Crippen LogP contribution < -0.4 is 0 Å². The van der Waals surface area contributed by atoms with Gasteiger partial charge in [0.05, 0.1) is 56.9 Å². The van der Waals surface area contributed by atoms with Crippen LogP contribution >= 0.6 is 0 Å². The van der Waals surface area contributed by atoms with Crippen molar-refractivity contribution in [2.24, 2.45) is 0 Å². The molecular weight excluding hydrogens is 1590 g/mol. The zero-order valence-electron chi connectivity index (χ0n) is 68.7. The number of aryl methyl sites for hydroxylation is 6. The molecule has 0 fully saturated rings. The molecule has 6 aliphatic rings. The van der Waals surface area contributed by atoms with Crippen LogP contribution in [0.5, 0.6) is 46.0 Å². The van der Waals surface area contributed by atoms with Crippen LogP contribution in [-0.2, 0) is 38.5 Å². The monoisotopic (exact) mass is 1670 g/mol. The van der Waals surface area contributed by atoms with Gasteiger partial charge in [0.15, 0.2) is 0 Å². The first-order chi connectivity index (χ1) is 62.5. The summed E-state index contributed by atoms with van der Waals surface area (Å²) in [5.74, 6) is 1.14. The number of H-pyrrole nitrogens is 6. The van der Waals surface area contributed by atoms with Gasteiger partial charge < -0.3 is 70.8 Å². The van der Waals surface area contributed by atoms with E-state index in [0.29, 0.717) is 48.5 Å². The summed E-state index contributed by atoms with van der Waals surface area (Å²) in [7, 11) is 0. The number of aromatic hydroxyl groups is 8. The summed E-state index contributed by atoms with van der Waals surface area (Å²) in [5, 5.41) is 84.6. The zero-order valence-corrected chi connectivity index (χ0v) is 68.7. The third kappa shape index (κ3) is 15.8. The minimum atomic E-state index is 0.135. The molecular formula is C108H80N12O8. The number of aromatic nitrogens is 12. The van der Waals surface area contributed by atoms with E-state index in [1.54, 1.807) is 97.1 Å².